The number of nitrogens with one attached hydrogen (secondary N) is 1. The molecule has 5 heteroatoms. The summed E-state index contributed by atoms with van der Waals surface area (Å²) in [5.74, 6) is -0.450. The van der Waals surface area contributed by atoms with E-state index in [1.54, 1.807) is 0 Å². The van der Waals surface area contributed by atoms with E-state index in [2.05, 4.69) is 10.3 Å². The van der Waals surface area contributed by atoms with Gasteiger partial charge in [-0.25, -0.2) is 4.98 Å². The molecule has 0 fully saturated rings. The molecule has 0 spiro atoms. The van der Waals surface area contributed by atoms with Gasteiger partial charge >= 0.3 is 0 Å². The van der Waals surface area contributed by atoms with Gasteiger partial charge in [-0.15, -0.1) is 0 Å². The number of hydrogen-bond donors (Lipinski definition) is 1. The highest BCUT2D eigenvalue weighted by molar-refractivity contribution is 6.31. The van der Waals surface area contributed by atoms with Crippen LogP contribution in [0.4, 0.5) is 0 Å². The van der Waals surface area contributed by atoms with Crippen LogP contribution in [-0.2, 0) is 4.79 Å². The van der Waals surface area contributed by atoms with Gasteiger partial charge in [-0.3, -0.25) is 4.79 Å². The molecule has 0 aliphatic carbocycles. The number of nitriles is 1. The zero-order valence-corrected chi connectivity index (χ0v) is 15.8. The number of fused-ring (bicyclic) bond motifs is 1. The predicted octanol–water partition coefficient (Wildman–Crippen LogP) is 4.98. The number of nitrogens with zero attached hydrogens (tertiary/aromatic N) is 2. The van der Waals surface area contributed by atoms with Gasteiger partial charge in [0.05, 0.1) is 11.6 Å². The minimum atomic E-state index is -0.450. The Labute approximate surface area is 163 Å². The van der Waals surface area contributed by atoms with E-state index in [4.69, 9.17) is 11.6 Å². The summed E-state index contributed by atoms with van der Waals surface area (Å²) in [7, 11) is 0. The van der Waals surface area contributed by atoms with E-state index in [-0.39, 0.29) is 16.8 Å². The number of pyridine rings is 1. The molecule has 0 saturated carbocycles. The molecule has 1 heterocycles. The first kappa shape index (κ1) is 18.6. The maximum atomic E-state index is 12.5. The largest absolute Gasteiger partial charge is 0.345 e. The van der Waals surface area contributed by atoms with Crippen LogP contribution in [0.3, 0.4) is 0 Å². The summed E-state index contributed by atoms with van der Waals surface area (Å²) >= 11 is 6.29. The molecule has 134 valence electrons. The average molecular weight is 376 g/mol. The molecule has 1 N–H and O–H groups in total. The van der Waals surface area contributed by atoms with Crippen molar-refractivity contribution in [3.05, 3.63) is 82.0 Å². The molecule has 4 nitrogen and oxygen atoms in total. The van der Waals surface area contributed by atoms with Crippen molar-refractivity contribution in [3.63, 3.8) is 0 Å². The minimum Gasteiger partial charge on any atom is -0.345 e. The van der Waals surface area contributed by atoms with Gasteiger partial charge in [0, 0.05) is 10.9 Å². The molecular weight excluding hydrogens is 358 g/mol. The fourth-order valence-corrected chi connectivity index (χ4v) is 3.04. The molecular formula is C22H18ClN3O. The van der Waals surface area contributed by atoms with Crippen LogP contribution >= 0.6 is 11.6 Å². The first-order valence-corrected chi connectivity index (χ1v) is 8.91. The smallest absolute Gasteiger partial charge is 0.262 e. The molecule has 1 atom stereocenters. The van der Waals surface area contributed by atoms with Crippen LogP contribution < -0.4 is 5.32 Å². The Balaban J connectivity index is 1.90. The lowest BCUT2D eigenvalue weighted by molar-refractivity contribution is -0.117. The molecule has 0 aliphatic rings. The van der Waals surface area contributed by atoms with E-state index in [1.165, 1.54) is 6.08 Å². The number of rotatable bonds is 4. The second kappa shape index (κ2) is 8.03. The van der Waals surface area contributed by atoms with Gasteiger partial charge in [0.1, 0.15) is 16.8 Å². The van der Waals surface area contributed by atoms with Gasteiger partial charge in [0.15, 0.2) is 0 Å². The van der Waals surface area contributed by atoms with Crippen molar-refractivity contribution in [2.24, 2.45) is 0 Å². The zero-order valence-electron chi connectivity index (χ0n) is 15.0. The number of benzene rings is 2. The Kier molecular flexibility index (Phi) is 5.54. The van der Waals surface area contributed by atoms with Crippen LogP contribution in [0.15, 0.2) is 60.2 Å². The topological polar surface area (TPSA) is 65.8 Å². The van der Waals surface area contributed by atoms with E-state index in [0.717, 1.165) is 22.0 Å². The number of halogens is 1. The van der Waals surface area contributed by atoms with Crippen molar-refractivity contribution >= 4 is 34.5 Å². The number of carbonyl (C=O) groups excluding carboxylic acids is 1. The summed E-state index contributed by atoms with van der Waals surface area (Å²) in [6, 6.07) is 19.0. The van der Waals surface area contributed by atoms with Gasteiger partial charge in [-0.05, 0) is 37.1 Å². The Morgan fingerprint density at radius 3 is 2.67 bits per heavy atom. The third-order valence-electron chi connectivity index (χ3n) is 4.34. The predicted molar refractivity (Wildman–Crippen MR) is 108 cm³/mol. The zero-order chi connectivity index (χ0) is 19.4. The van der Waals surface area contributed by atoms with Crippen LogP contribution in [0.25, 0.3) is 17.0 Å². The highest BCUT2D eigenvalue weighted by Crippen LogP contribution is 2.25. The van der Waals surface area contributed by atoms with Crippen LogP contribution in [0.5, 0.6) is 0 Å². The lowest BCUT2D eigenvalue weighted by Crippen LogP contribution is -2.27. The molecule has 0 bridgehead atoms. The maximum absolute atomic E-state index is 12.5. The lowest BCUT2D eigenvalue weighted by Gasteiger charge is -2.14. The van der Waals surface area contributed by atoms with Crippen LogP contribution in [0, 0.1) is 18.3 Å². The Morgan fingerprint density at radius 1 is 1.22 bits per heavy atom. The summed E-state index contributed by atoms with van der Waals surface area (Å²) in [6.45, 7) is 3.83. The number of carbonyl (C=O) groups is 1. The third kappa shape index (κ3) is 4.16. The number of aromatic nitrogens is 1. The number of para-hydroxylation sites is 1. The highest BCUT2D eigenvalue weighted by atomic mass is 35.5. The Morgan fingerprint density at radius 2 is 1.96 bits per heavy atom. The summed E-state index contributed by atoms with van der Waals surface area (Å²) in [5.41, 5.74) is 3.30. The van der Waals surface area contributed by atoms with E-state index in [0.29, 0.717) is 5.56 Å². The van der Waals surface area contributed by atoms with E-state index in [1.807, 2.05) is 74.5 Å². The van der Waals surface area contributed by atoms with Crippen molar-refractivity contribution in [1.82, 2.24) is 10.3 Å². The minimum absolute atomic E-state index is 0.0199. The van der Waals surface area contributed by atoms with Gasteiger partial charge in [-0.2, -0.15) is 5.26 Å². The van der Waals surface area contributed by atoms with Crippen LogP contribution in [0.1, 0.15) is 29.7 Å². The fraction of sp³-hybridized carbons (Fsp3) is 0.136. The molecule has 0 radical (unpaired) electrons. The number of hydrogen-bond acceptors (Lipinski definition) is 3. The van der Waals surface area contributed by atoms with Crippen molar-refractivity contribution in [1.29, 1.82) is 5.26 Å². The second-order valence-corrected chi connectivity index (χ2v) is 6.65. The molecule has 27 heavy (non-hydrogen) atoms. The molecule has 0 unspecified atom stereocenters. The molecule has 0 saturated heterocycles. The van der Waals surface area contributed by atoms with Crippen LogP contribution in [0.2, 0.25) is 5.15 Å². The average Bonchev–Trinajstić information content (AvgIpc) is 2.67. The number of amides is 1. The first-order chi connectivity index (χ1) is 13.0. The molecule has 3 rings (SSSR count). The maximum Gasteiger partial charge on any atom is 0.262 e. The standard InChI is InChI=1S/C22H18ClN3O/c1-14-7-6-10-17-11-18(21(23)26-20(14)17)12-19(13-24)22(27)25-15(2)16-8-4-3-5-9-16/h3-12,15H,1-2H3,(H,25,27)/b19-12+/t15-/m1/s1. The van der Waals surface area contributed by atoms with Crippen molar-refractivity contribution in [2.75, 3.05) is 0 Å². The molecule has 3 aromatic rings. The van der Waals surface area contributed by atoms with Gasteiger partial charge in [0.2, 0.25) is 0 Å². The molecule has 2 aromatic carbocycles. The van der Waals surface area contributed by atoms with E-state index in [9.17, 15) is 10.1 Å². The monoisotopic (exact) mass is 375 g/mol. The van der Waals surface area contributed by atoms with Crippen molar-refractivity contribution < 1.29 is 4.79 Å². The summed E-state index contributed by atoms with van der Waals surface area (Å²) in [6.07, 6.45) is 1.48. The number of aryl methyl sites for hydroxylation is 1. The summed E-state index contributed by atoms with van der Waals surface area (Å²) in [5, 5.41) is 13.4. The SMILES string of the molecule is Cc1cccc2cc(/C=C(\C#N)C(=O)N[C@H](C)c3ccccc3)c(Cl)nc12. The van der Waals surface area contributed by atoms with E-state index >= 15 is 0 Å². The fourth-order valence-electron chi connectivity index (χ4n) is 2.85. The quantitative estimate of drug-likeness (QED) is 0.397. The lowest BCUT2D eigenvalue weighted by atomic mass is 10.1. The Hall–Kier alpha value is -3.16. The highest BCUT2D eigenvalue weighted by Gasteiger charge is 2.15. The van der Waals surface area contributed by atoms with Gasteiger partial charge in [-0.1, -0.05) is 60.1 Å². The normalized spacial score (nSPS) is 12.4. The van der Waals surface area contributed by atoms with Gasteiger partial charge in [0.25, 0.3) is 5.91 Å². The Bertz CT molecular complexity index is 1070. The van der Waals surface area contributed by atoms with Crippen molar-refractivity contribution in [2.45, 2.75) is 19.9 Å². The van der Waals surface area contributed by atoms with E-state index < -0.39 is 5.91 Å². The summed E-state index contributed by atoms with van der Waals surface area (Å²) < 4.78 is 0. The molecule has 1 aromatic heterocycles. The first-order valence-electron chi connectivity index (χ1n) is 8.53. The molecule has 0 aliphatic heterocycles. The van der Waals surface area contributed by atoms with Crippen LogP contribution in [-0.4, -0.2) is 10.9 Å². The van der Waals surface area contributed by atoms with Crippen molar-refractivity contribution in [3.8, 4) is 6.07 Å². The third-order valence-corrected chi connectivity index (χ3v) is 4.64. The molecule has 1 amide bonds. The second-order valence-electron chi connectivity index (χ2n) is 6.29. The summed E-state index contributed by atoms with van der Waals surface area (Å²) in [4.78, 5) is 16.9. The van der Waals surface area contributed by atoms with Gasteiger partial charge < -0.3 is 5.32 Å².